The first-order chi connectivity index (χ1) is 11.7. The number of benzene rings is 2. The summed E-state index contributed by atoms with van der Waals surface area (Å²) in [6.45, 7) is 0. The predicted octanol–water partition coefficient (Wildman–Crippen LogP) is 4.31. The molecule has 4 N–H and O–H groups in total. The lowest BCUT2D eigenvalue weighted by molar-refractivity contribution is -0.386. The van der Waals surface area contributed by atoms with Crippen molar-refractivity contribution in [1.29, 1.82) is 0 Å². The molecule has 12 heteroatoms. The number of rotatable bonds is 1. The molecule has 0 saturated heterocycles. The van der Waals surface area contributed by atoms with Gasteiger partial charge in [-0.3, -0.25) is 10.1 Å². The Labute approximate surface area is 141 Å². The van der Waals surface area contributed by atoms with E-state index in [0.717, 1.165) is 12.1 Å². The van der Waals surface area contributed by atoms with Gasteiger partial charge < -0.3 is 15.9 Å². The van der Waals surface area contributed by atoms with Gasteiger partial charge in [0.2, 0.25) is 0 Å². The van der Waals surface area contributed by atoms with Gasteiger partial charge in [-0.25, -0.2) is 0 Å². The van der Waals surface area contributed by atoms with Crippen LogP contribution in [0.2, 0.25) is 0 Å². The van der Waals surface area contributed by atoms with Gasteiger partial charge in [0, 0.05) is 6.07 Å². The van der Waals surface area contributed by atoms with Crippen LogP contribution in [0.25, 0.3) is 0 Å². The average molecular weight is 384 g/mol. The molecule has 0 spiro atoms. The Morgan fingerprint density at radius 3 is 1.65 bits per heavy atom. The number of phenols is 2. The Bertz CT molecular complexity index is 805. The lowest BCUT2D eigenvalue weighted by Gasteiger charge is -2.07. The first kappa shape index (κ1) is 20.9. The molecule has 0 aromatic heterocycles. The van der Waals surface area contributed by atoms with E-state index in [4.69, 9.17) is 15.9 Å². The molecule has 0 atom stereocenters. The van der Waals surface area contributed by atoms with Crippen molar-refractivity contribution in [3.63, 3.8) is 0 Å². The highest BCUT2D eigenvalue weighted by Crippen LogP contribution is 2.35. The van der Waals surface area contributed by atoms with Crippen LogP contribution < -0.4 is 5.73 Å². The van der Waals surface area contributed by atoms with Crippen LogP contribution in [0, 0.1) is 10.1 Å². The molecule has 0 radical (unpaired) electrons. The SMILES string of the molecule is Nc1cc(C(F)(F)F)ccc1O.O=[N+]([O-])c1cc(C(F)(F)F)ccc1O. The van der Waals surface area contributed by atoms with Gasteiger partial charge >= 0.3 is 18.0 Å². The van der Waals surface area contributed by atoms with E-state index in [9.17, 15) is 36.5 Å². The predicted molar refractivity (Wildman–Crippen MR) is 77.3 cm³/mol. The Morgan fingerprint density at radius 1 is 0.846 bits per heavy atom. The summed E-state index contributed by atoms with van der Waals surface area (Å²) in [7, 11) is 0. The van der Waals surface area contributed by atoms with E-state index in [-0.39, 0.29) is 17.5 Å². The summed E-state index contributed by atoms with van der Waals surface area (Å²) in [5.41, 5.74) is 1.81. The van der Waals surface area contributed by atoms with Crippen LogP contribution in [0.3, 0.4) is 0 Å². The number of nitrogen functional groups attached to an aromatic ring is 1. The van der Waals surface area contributed by atoms with Gasteiger partial charge in [0.15, 0.2) is 5.75 Å². The fourth-order valence-electron chi connectivity index (χ4n) is 1.58. The molecule has 0 fully saturated rings. The molecule has 2 aromatic rings. The van der Waals surface area contributed by atoms with E-state index in [2.05, 4.69) is 0 Å². The molecule has 6 nitrogen and oxygen atoms in total. The standard InChI is InChI=1S/C7H4F3NO3.C7H6F3NO/c8-7(9,10)4-1-2-6(12)5(3-4)11(13)14;8-7(9,10)4-1-2-6(12)5(11)3-4/h1-3,12H;1-3,12H,11H2. The van der Waals surface area contributed by atoms with Gasteiger partial charge in [-0.2, -0.15) is 26.3 Å². The molecule has 2 aromatic carbocycles. The number of alkyl halides is 6. The number of nitro groups is 1. The second kappa shape index (κ2) is 7.37. The molecular formula is C14H10F6N2O4. The summed E-state index contributed by atoms with van der Waals surface area (Å²) in [5.74, 6) is -1.13. The minimum Gasteiger partial charge on any atom is -0.506 e. The third kappa shape index (κ3) is 5.43. The summed E-state index contributed by atoms with van der Waals surface area (Å²) in [6, 6.07) is 3.87. The molecule has 0 amide bonds. The third-order valence-electron chi connectivity index (χ3n) is 2.85. The zero-order chi connectivity index (χ0) is 20.3. The van der Waals surface area contributed by atoms with Gasteiger partial charge in [-0.05, 0) is 30.3 Å². The topological polar surface area (TPSA) is 110 Å². The van der Waals surface area contributed by atoms with Crippen LogP contribution in [-0.2, 0) is 12.4 Å². The molecule has 26 heavy (non-hydrogen) atoms. The van der Waals surface area contributed by atoms with E-state index in [1.165, 1.54) is 0 Å². The van der Waals surface area contributed by atoms with Crippen LogP contribution in [-0.4, -0.2) is 15.1 Å². The maximum Gasteiger partial charge on any atom is 0.416 e. The minimum atomic E-state index is -4.65. The smallest absolute Gasteiger partial charge is 0.416 e. The van der Waals surface area contributed by atoms with Crippen LogP contribution in [0.15, 0.2) is 36.4 Å². The van der Waals surface area contributed by atoms with Crippen molar-refractivity contribution >= 4 is 11.4 Å². The molecule has 0 bridgehead atoms. The fraction of sp³-hybridized carbons (Fsp3) is 0.143. The number of halogens is 6. The quantitative estimate of drug-likeness (QED) is 0.223. The van der Waals surface area contributed by atoms with Crippen molar-refractivity contribution < 1.29 is 41.5 Å². The van der Waals surface area contributed by atoms with Gasteiger partial charge in [0.05, 0.1) is 21.7 Å². The minimum absolute atomic E-state index is 0.273. The van der Waals surface area contributed by atoms with Crippen LogP contribution >= 0.6 is 0 Å². The normalized spacial score (nSPS) is 11.5. The maximum absolute atomic E-state index is 12.1. The van der Waals surface area contributed by atoms with Gasteiger partial charge in [-0.1, -0.05) is 0 Å². The Hall–Kier alpha value is -3.18. The van der Waals surface area contributed by atoms with E-state index in [1.54, 1.807) is 0 Å². The fourth-order valence-corrected chi connectivity index (χ4v) is 1.58. The van der Waals surface area contributed by atoms with E-state index in [1.807, 2.05) is 0 Å². The summed E-state index contributed by atoms with van der Waals surface area (Å²) in [5, 5.41) is 27.9. The van der Waals surface area contributed by atoms with Crippen molar-refractivity contribution in [2.24, 2.45) is 0 Å². The summed E-state index contributed by atoms with van der Waals surface area (Å²) >= 11 is 0. The highest BCUT2D eigenvalue weighted by atomic mass is 19.4. The van der Waals surface area contributed by atoms with Crippen molar-refractivity contribution in [2.75, 3.05) is 5.73 Å². The van der Waals surface area contributed by atoms with E-state index in [0.29, 0.717) is 18.2 Å². The number of aromatic hydroxyl groups is 2. The number of hydrogen-bond donors (Lipinski definition) is 3. The molecule has 0 saturated carbocycles. The molecule has 0 aliphatic heterocycles. The summed E-state index contributed by atoms with van der Waals surface area (Å²) in [4.78, 5) is 9.10. The Morgan fingerprint density at radius 2 is 1.27 bits per heavy atom. The number of nitrogens with two attached hydrogens (primary N) is 1. The van der Waals surface area contributed by atoms with Crippen LogP contribution in [0.4, 0.5) is 37.7 Å². The van der Waals surface area contributed by atoms with Crippen LogP contribution in [0.5, 0.6) is 11.5 Å². The van der Waals surface area contributed by atoms with Gasteiger partial charge in [0.1, 0.15) is 5.75 Å². The molecule has 0 unspecified atom stereocenters. The second-order valence-electron chi connectivity index (χ2n) is 4.73. The molecule has 0 heterocycles. The van der Waals surface area contributed by atoms with Gasteiger partial charge in [0.25, 0.3) is 0 Å². The Kier molecular flexibility index (Phi) is 5.92. The summed E-state index contributed by atoms with van der Waals surface area (Å²) in [6.07, 6.45) is -9.07. The monoisotopic (exact) mass is 384 g/mol. The van der Waals surface area contributed by atoms with Crippen molar-refractivity contribution in [3.8, 4) is 11.5 Å². The lowest BCUT2D eigenvalue weighted by atomic mass is 10.2. The average Bonchev–Trinajstić information content (AvgIpc) is 2.48. The maximum atomic E-state index is 12.1. The second-order valence-corrected chi connectivity index (χ2v) is 4.73. The van der Waals surface area contributed by atoms with Crippen molar-refractivity contribution in [1.82, 2.24) is 0 Å². The van der Waals surface area contributed by atoms with Crippen LogP contribution in [0.1, 0.15) is 11.1 Å². The number of nitro benzene ring substituents is 1. The number of nitrogens with zero attached hydrogens (tertiary/aromatic N) is 1. The number of hydrogen-bond acceptors (Lipinski definition) is 5. The molecule has 0 aliphatic carbocycles. The molecular weight excluding hydrogens is 374 g/mol. The largest absolute Gasteiger partial charge is 0.506 e. The first-order valence-corrected chi connectivity index (χ1v) is 6.43. The number of anilines is 1. The zero-order valence-corrected chi connectivity index (χ0v) is 12.5. The number of phenolic OH excluding ortho intramolecular Hbond substituents is 2. The van der Waals surface area contributed by atoms with E-state index >= 15 is 0 Å². The van der Waals surface area contributed by atoms with Crippen molar-refractivity contribution in [3.05, 3.63) is 57.6 Å². The lowest BCUT2D eigenvalue weighted by Crippen LogP contribution is -2.05. The molecule has 142 valence electrons. The highest BCUT2D eigenvalue weighted by molar-refractivity contribution is 5.53. The van der Waals surface area contributed by atoms with Crippen molar-refractivity contribution in [2.45, 2.75) is 12.4 Å². The zero-order valence-electron chi connectivity index (χ0n) is 12.5. The molecule has 0 aliphatic rings. The highest BCUT2D eigenvalue weighted by Gasteiger charge is 2.33. The first-order valence-electron chi connectivity index (χ1n) is 6.43. The summed E-state index contributed by atoms with van der Waals surface area (Å²) < 4.78 is 72.1. The van der Waals surface area contributed by atoms with Gasteiger partial charge in [-0.15, -0.1) is 0 Å². The molecule has 2 rings (SSSR count). The van der Waals surface area contributed by atoms with E-state index < -0.39 is 39.8 Å². The Balaban J connectivity index is 0.000000263. The third-order valence-corrected chi connectivity index (χ3v) is 2.85.